The molecule has 2 N–H and O–H groups in total. The molecule has 0 saturated heterocycles. The Bertz CT molecular complexity index is 1110. The first kappa shape index (κ1) is 18.0. The molecule has 4 rings (SSSR count). The molecule has 0 unspecified atom stereocenters. The number of hydrogen-bond donors (Lipinski definition) is 2. The molecule has 2 aromatic carbocycles. The van der Waals surface area contributed by atoms with Crippen molar-refractivity contribution >= 4 is 28.7 Å². The van der Waals surface area contributed by atoms with Crippen LogP contribution in [0.15, 0.2) is 48.5 Å². The zero-order chi connectivity index (χ0) is 20.1. The van der Waals surface area contributed by atoms with Crippen molar-refractivity contribution in [1.29, 1.82) is 0 Å². The van der Waals surface area contributed by atoms with Crippen molar-refractivity contribution in [1.82, 2.24) is 4.57 Å². The van der Waals surface area contributed by atoms with E-state index in [4.69, 9.17) is 0 Å². The van der Waals surface area contributed by atoms with Crippen LogP contribution in [0, 0.1) is 12.3 Å². The Balaban J connectivity index is 1.92. The molecular weight excluding hydrogens is 358 g/mol. The highest BCUT2D eigenvalue weighted by Crippen LogP contribution is 2.41. The summed E-state index contributed by atoms with van der Waals surface area (Å²) in [5.41, 5.74) is 1.71. The number of para-hydroxylation sites is 1. The summed E-state index contributed by atoms with van der Waals surface area (Å²) in [6, 6.07) is 14.5. The SMILES string of the molecule is Cc1ccc(C(=O)n2c3c(c4ccccc42)CC(C(=O)O)(C(=O)O)CC3)cc1. The maximum atomic E-state index is 13.3. The van der Waals surface area contributed by atoms with Crippen molar-refractivity contribution < 1.29 is 24.6 Å². The molecule has 0 aliphatic heterocycles. The van der Waals surface area contributed by atoms with E-state index in [1.54, 1.807) is 22.8 Å². The van der Waals surface area contributed by atoms with Gasteiger partial charge in [-0.1, -0.05) is 35.9 Å². The van der Waals surface area contributed by atoms with Gasteiger partial charge in [-0.3, -0.25) is 19.0 Å². The van der Waals surface area contributed by atoms with Crippen LogP contribution < -0.4 is 0 Å². The minimum atomic E-state index is -1.87. The maximum absolute atomic E-state index is 13.3. The van der Waals surface area contributed by atoms with Gasteiger partial charge in [0, 0.05) is 23.1 Å². The van der Waals surface area contributed by atoms with Gasteiger partial charge in [0.05, 0.1) is 5.52 Å². The fourth-order valence-corrected chi connectivity index (χ4v) is 4.06. The Morgan fingerprint density at radius 1 is 0.964 bits per heavy atom. The summed E-state index contributed by atoms with van der Waals surface area (Å²) in [5, 5.41) is 20.0. The molecule has 6 heteroatoms. The average Bonchev–Trinajstić information content (AvgIpc) is 3.01. The summed E-state index contributed by atoms with van der Waals surface area (Å²) in [5.74, 6) is -2.88. The number of rotatable bonds is 3. The summed E-state index contributed by atoms with van der Waals surface area (Å²) in [6.07, 6.45) is 0.0179. The molecule has 0 spiro atoms. The number of benzene rings is 2. The first-order chi connectivity index (χ1) is 13.3. The van der Waals surface area contributed by atoms with Crippen molar-refractivity contribution in [2.24, 2.45) is 5.41 Å². The van der Waals surface area contributed by atoms with Gasteiger partial charge in [0.25, 0.3) is 5.91 Å². The minimum Gasteiger partial charge on any atom is -0.480 e. The van der Waals surface area contributed by atoms with E-state index in [0.717, 1.165) is 10.9 Å². The standard InChI is InChI=1S/C22H19NO5/c1-13-6-8-14(9-7-13)19(24)23-17-5-3-2-4-15(17)16-12-22(20(25)26,21(27)28)11-10-18(16)23/h2-9H,10-12H2,1H3,(H,25,26)(H,27,28). The normalized spacial score (nSPS) is 15.2. The number of aryl methyl sites for hydroxylation is 1. The first-order valence-corrected chi connectivity index (χ1v) is 9.04. The Kier molecular flexibility index (Phi) is 4.07. The molecule has 0 radical (unpaired) electrons. The van der Waals surface area contributed by atoms with Crippen LogP contribution >= 0.6 is 0 Å². The lowest BCUT2D eigenvalue weighted by atomic mass is 9.72. The topological polar surface area (TPSA) is 96.6 Å². The van der Waals surface area contributed by atoms with Gasteiger partial charge in [-0.25, -0.2) is 0 Å². The van der Waals surface area contributed by atoms with E-state index >= 15 is 0 Å². The summed E-state index contributed by atoms with van der Waals surface area (Å²) in [6.45, 7) is 1.94. The van der Waals surface area contributed by atoms with Gasteiger partial charge in [-0.2, -0.15) is 0 Å². The van der Waals surface area contributed by atoms with Gasteiger partial charge in [-0.15, -0.1) is 0 Å². The van der Waals surface area contributed by atoms with Crippen molar-refractivity contribution in [3.63, 3.8) is 0 Å². The third kappa shape index (κ3) is 2.52. The summed E-state index contributed by atoms with van der Waals surface area (Å²) >= 11 is 0. The van der Waals surface area contributed by atoms with E-state index in [-0.39, 0.29) is 25.2 Å². The predicted molar refractivity (Wildman–Crippen MR) is 103 cm³/mol. The highest BCUT2D eigenvalue weighted by atomic mass is 16.4. The molecule has 3 aromatic rings. The molecule has 1 aromatic heterocycles. The Morgan fingerprint density at radius 2 is 1.61 bits per heavy atom. The van der Waals surface area contributed by atoms with Crippen LogP contribution in [0.1, 0.15) is 33.6 Å². The smallest absolute Gasteiger partial charge is 0.321 e. The number of carboxylic acid groups (broad SMARTS) is 2. The zero-order valence-corrected chi connectivity index (χ0v) is 15.3. The van der Waals surface area contributed by atoms with E-state index in [0.29, 0.717) is 22.3 Å². The van der Waals surface area contributed by atoms with Crippen LogP contribution in [0.25, 0.3) is 10.9 Å². The largest absolute Gasteiger partial charge is 0.480 e. The number of fused-ring (bicyclic) bond motifs is 3. The Morgan fingerprint density at radius 3 is 2.25 bits per heavy atom. The molecule has 28 heavy (non-hydrogen) atoms. The third-order valence-electron chi connectivity index (χ3n) is 5.68. The van der Waals surface area contributed by atoms with Gasteiger partial charge >= 0.3 is 11.9 Å². The molecule has 6 nitrogen and oxygen atoms in total. The lowest BCUT2D eigenvalue weighted by Gasteiger charge is -2.29. The fraction of sp³-hybridized carbons (Fsp3) is 0.227. The number of nitrogens with zero attached hydrogens (tertiary/aromatic N) is 1. The minimum absolute atomic E-state index is 0.0534. The fourth-order valence-electron chi connectivity index (χ4n) is 4.06. The number of hydrogen-bond acceptors (Lipinski definition) is 3. The molecule has 0 atom stereocenters. The second-order valence-corrected chi connectivity index (χ2v) is 7.32. The second kappa shape index (κ2) is 6.34. The van der Waals surface area contributed by atoms with E-state index in [1.165, 1.54) is 0 Å². The lowest BCUT2D eigenvalue weighted by molar-refractivity contribution is -0.165. The van der Waals surface area contributed by atoms with Crippen molar-refractivity contribution in [3.8, 4) is 0 Å². The molecule has 0 bridgehead atoms. The van der Waals surface area contributed by atoms with E-state index < -0.39 is 17.4 Å². The Labute approximate surface area is 161 Å². The van der Waals surface area contributed by atoms with Gasteiger partial charge in [0.2, 0.25) is 0 Å². The monoisotopic (exact) mass is 377 g/mol. The van der Waals surface area contributed by atoms with Gasteiger partial charge in [-0.05, 0) is 43.5 Å². The molecule has 1 aliphatic rings. The number of aromatic nitrogens is 1. The molecule has 0 amide bonds. The quantitative estimate of drug-likeness (QED) is 0.683. The summed E-state index contributed by atoms with van der Waals surface area (Å²) in [7, 11) is 0. The molecule has 0 fully saturated rings. The number of aliphatic carboxylic acids is 2. The van der Waals surface area contributed by atoms with Crippen LogP contribution in [0.5, 0.6) is 0 Å². The third-order valence-corrected chi connectivity index (χ3v) is 5.68. The van der Waals surface area contributed by atoms with E-state index in [1.807, 2.05) is 37.3 Å². The average molecular weight is 377 g/mol. The number of carbonyl (C=O) groups is 3. The second-order valence-electron chi connectivity index (χ2n) is 7.32. The highest BCUT2D eigenvalue weighted by molar-refractivity contribution is 6.05. The molecule has 1 heterocycles. The molecule has 0 saturated carbocycles. The van der Waals surface area contributed by atoms with Gasteiger partial charge < -0.3 is 10.2 Å². The zero-order valence-electron chi connectivity index (χ0n) is 15.3. The van der Waals surface area contributed by atoms with Crippen LogP contribution in [0.2, 0.25) is 0 Å². The summed E-state index contributed by atoms with van der Waals surface area (Å²) in [4.78, 5) is 36.9. The number of carboxylic acids is 2. The molecular formula is C22H19NO5. The van der Waals surface area contributed by atoms with Crippen molar-refractivity contribution in [2.45, 2.75) is 26.2 Å². The summed E-state index contributed by atoms with van der Waals surface area (Å²) < 4.78 is 1.61. The van der Waals surface area contributed by atoms with Crippen molar-refractivity contribution in [3.05, 3.63) is 70.9 Å². The van der Waals surface area contributed by atoms with Crippen LogP contribution in [-0.2, 0) is 22.4 Å². The maximum Gasteiger partial charge on any atom is 0.321 e. The molecule has 142 valence electrons. The van der Waals surface area contributed by atoms with Crippen LogP contribution in [0.3, 0.4) is 0 Å². The van der Waals surface area contributed by atoms with E-state index in [2.05, 4.69) is 0 Å². The Hall–Kier alpha value is -3.41. The lowest BCUT2D eigenvalue weighted by Crippen LogP contribution is -2.44. The van der Waals surface area contributed by atoms with Crippen LogP contribution in [0.4, 0.5) is 0 Å². The van der Waals surface area contributed by atoms with Gasteiger partial charge in [0.15, 0.2) is 5.41 Å². The van der Waals surface area contributed by atoms with Gasteiger partial charge in [0.1, 0.15) is 0 Å². The number of carbonyl (C=O) groups excluding carboxylic acids is 1. The van der Waals surface area contributed by atoms with Crippen molar-refractivity contribution in [2.75, 3.05) is 0 Å². The first-order valence-electron chi connectivity index (χ1n) is 9.04. The van der Waals surface area contributed by atoms with E-state index in [9.17, 15) is 24.6 Å². The molecule has 1 aliphatic carbocycles. The predicted octanol–water partition coefficient (Wildman–Crippen LogP) is 3.28. The van der Waals surface area contributed by atoms with Crippen LogP contribution in [-0.4, -0.2) is 32.6 Å². The highest BCUT2D eigenvalue weighted by Gasteiger charge is 2.50.